The Morgan fingerprint density at radius 3 is 2.40 bits per heavy atom. The lowest BCUT2D eigenvalue weighted by molar-refractivity contribution is -0.384. The van der Waals surface area contributed by atoms with Gasteiger partial charge in [-0.05, 0) is 40.6 Å². The topological polar surface area (TPSA) is 105 Å². The molecule has 0 fully saturated rings. The van der Waals surface area contributed by atoms with E-state index in [2.05, 4.69) is 32.6 Å². The van der Waals surface area contributed by atoms with E-state index in [-0.39, 0.29) is 5.69 Å². The van der Waals surface area contributed by atoms with Gasteiger partial charge in [0.15, 0.2) is 0 Å². The largest absolute Gasteiger partial charge is 0.269 e. The highest BCUT2D eigenvalue weighted by molar-refractivity contribution is 7.98. The van der Waals surface area contributed by atoms with E-state index in [1.54, 1.807) is 30.1 Å². The van der Waals surface area contributed by atoms with E-state index in [9.17, 15) is 10.1 Å². The fraction of sp³-hybridized carbons (Fsp3) is 0.0833. The van der Waals surface area contributed by atoms with Crippen molar-refractivity contribution in [3.63, 3.8) is 0 Å². The van der Waals surface area contributed by atoms with Crippen LogP contribution in [0.1, 0.15) is 11.1 Å². The fourth-order valence-electron chi connectivity index (χ4n) is 3.43. The molecule has 0 unspecified atom stereocenters. The first kappa shape index (κ1) is 22.8. The zero-order chi connectivity index (χ0) is 24.2. The SMILES string of the molecule is O=[N+]([O-])c1ccc(Cn2nnc(-c3cnn(-c4ccc(Cl)cc4)c3SCc3ccccc3)n2)cc1. The molecule has 35 heavy (non-hydrogen) atoms. The summed E-state index contributed by atoms with van der Waals surface area (Å²) in [6.07, 6.45) is 1.73. The Hall–Kier alpha value is -4.02. The van der Waals surface area contributed by atoms with E-state index in [0.717, 1.165) is 27.6 Å². The number of nitro groups is 1. The first-order valence-electron chi connectivity index (χ1n) is 10.6. The van der Waals surface area contributed by atoms with Crippen LogP contribution in [0.4, 0.5) is 5.69 Å². The maximum absolute atomic E-state index is 10.9. The molecule has 0 aliphatic carbocycles. The van der Waals surface area contributed by atoms with Crippen LogP contribution in [0.2, 0.25) is 5.02 Å². The van der Waals surface area contributed by atoms with Gasteiger partial charge in [-0.1, -0.05) is 54.1 Å². The Morgan fingerprint density at radius 1 is 0.943 bits per heavy atom. The van der Waals surface area contributed by atoms with Crippen LogP contribution in [0.15, 0.2) is 90.1 Å². The summed E-state index contributed by atoms with van der Waals surface area (Å²) in [4.78, 5) is 11.9. The first-order chi connectivity index (χ1) is 17.1. The Balaban J connectivity index is 1.44. The molecule has 0 amide bonds. The zero-order valence-corrected chi connectivity index (χ0v) is 19.8. The summed E-state index contributed by atoms with van der Waals surface area (Å²) in [5.41, 5.74) is 3.68. The molecule has 2 heterocycles. The van der Waals surface area contributed by atoms with Gasteiger partial charge in [0.1, 0.15) is 5.03 Å². The minimum atomic E-state index is -0.428. The number of hydrogen-bond donors (Lipinski definition) is 0. The van der Waals surface area contributed by atoms with Crippen molar-refractivity contribution in [2.24, 2.45) is 0 Å². The molecule has 9 nitrogen and oxygen atoms in total. The van der Waals surface area contributed by atoms with E-state index in [1.165, 1.54) is 22.5 Å². The summed E-state index contributed by atoms with van der Waals surface area (Å²) in [7, 11) is 0. The van der Waals surface area contributed by atoms with Crippen molar-refractivity contribution in [1.29, 1.82) is 0 Å². The molecule has 0 radical (unpaired) electrons. The van der Waals surface area contributed by atoms with Gasteiger partial charge in [0, 0.05) is 22.9 Å². The molecule has 0 spiro atoms. The Labute approximate surface area is 209 Å². The van der Waals surface area contributed by atoms with Crippen LogP contribution in [-0.4, -0.2) is 34.9 Å². The lowest BCUT2D eigenvalue weighted by Crippen LogP contribution is -2.04. The van der Waals surface area contributed by atoms with Gasteiger partial charge in [-0.2, -0.15) is 9.90 Å². The average Bonchev–Trinajstić information content (AvgIpc) is 3.51. The number of tetrazole rings is 1. The van der Waals surface area contributed by atoms with Crippen LogP contribution in [0.3, 0.4) is 0 Å². The molecule has 0 bridgehead atoms. The van der Waals surface area contributed by atoms with Crippen LogP contribution in [0, 0.1) is 10.1 Å². The minimum absolute atomic E-state index is 0.0377. The second kappa shape index (κ2) is 10.1. The number of aromatic nitrogens is 6. The van der Waals surface area contributed by atoms with Crippen molar-refractivity contribution in [2.45, 2.75) is 17.3 Å². The lowest BCUT2D eigenvalue weighted by atomic mass is 10.2. The quantitative estimate of drug-likeness (QED) is 0.158. The van der Waals surface area contributed by atoms with E-state index in [4.69, 9.17) is 11.6 Å². The van der Waals surface area contributed by atoms with E-state index in [1.807, 2.05) is 47.1 Å². The van der Waals surface area contributed by atoms with Crippen molar-refractivity contribution < 1.29 is 4.92 Å². The number of halogens is 1. The molecule has 0 saturated carbocycles. The van der Waals surface area contributed by atoms with Gasteiger partial charge in [0.2, 0.25) is 5.82 Å². The average molecular weight is 504 g/mol. The second-order valence-electron chi connectivity index (χ2n) is 7.59. The van der Waals surface area contributed by atoms with Crippen molar-refractivity contribution in [3.8, 4) is 17.1 Å². The summed E-state index contributed by atoms with van der Waals surface area (Å²) in [6.45, 7) is 0.336. The smallest absolute Gasteiger partial charge is 0.258 e. The number of nitrogens with zero attached hydrogens (tertiary/aromatic N) is 7. The molecule has 0 saturated heterocycles. The van der Waals surface area contributed by atoms with Gasteiger partial charge < -0.3 is 0 Å². The molecule has 174 valence electrons. The Morgan fingerprint density at radius 2 is 1.69 bits per heavy atom. The molecule has 5 aromatic rings. The van der Waals surface area contributed by atoms with Crippen molar-refractivity contribution in [1.82, 2.24) is 30.0 Å². The molecule has 0 atom stereocenters. The number of non-ortho nitro benzene ring substituents is 1. The monoisotopic (exact) mass is 503 g/mol. The van der Waals surface area contributed by atoms with Gasteiger partial charge in [0.05, 0.1) is 28.9 Å². The number of hydrogen-bond acceptors (Lipinski definition) is 7. The van der Waals surface area contributed by atoms with E-state index in [0.29, 0.717) is 17.4 Å². The molecule has 0 aliphatic heterocycles. The van der Waals surface area contributed by atoms with E-state index >= 15 is 0 Å². The standard InChI is InChI=1S/C24H18ClN7O2S/c25-19-8-12-20(13-9-19)31-24(35-16-18-4-2-1-3-5-18)22(14-26-31)23-27-29-30(28-23)15-17-6-10-21(11-7-17)32(33)34/h1-14H,15-16H2. The van der Waals surface area contributed by atoms with Gasteiger partial charge >= 0.3 is 0 Å². The molecule has 0 N–H and O–H groups in total. The van der Waals surface area contributed by atoms with Crippen LogP contribution in [0.5, 0.6) is 0 Å². The summed E-state index contributed by atoms with van der Waals surface area (Å²) in [6, 6.07) is 23.9. The molecule has 3 aromatic carbocycles. The highest BCUT2D eigenvalue weighted by Gasteiger charge is 2.19. The highest BCUT2D eigenvalue weighted by atomic mass is 35.5. The second-order valence-corrected chi connectivity index (χ2v) is 8.99. The minimum Gasteiger partial charge on any atom is -0.258 e. The molecule has 5 rings (SSSR count). The summed E-state index contributed by atoms with van der Waals surface area (Å²) >= 11 is 7.71. The van der Waals surface area contributed by atoms with Crippen LogP contribution >= 0.6 is 23.4 Å². The Bertz CT molecular complexity index is 1450. The third kappa shape index (κ3) is 5.23. The van der Waals surface area contributed by atoms with Crippen molar-refractivity contribution in [3.05, 3.63) is 111 Å². The fourth-order valence-corrected chi connectivity index (χ4v) is 4.62. The highest BCUT2D eigenvalue weighted by Crippen LogP contribution is 2.33. The predicted octanol–water partition coefficient (Wildman–Crippen LogP) is 5.43. The van der Waals surface area contributed by atoms with Gasteiger partial charge in [0.25, 0.3) is 5.69 Å². The van der Waals surface area contributed by atoms with Gasteiger partial charge in [-0.3, -0.25) is 10.1 Å². The summed E-state index contributed by atoms with van der Waals surface area (Å²) in [5.74, 6) is 1.19. The number of rotatable bonds is 8. The van der Waals surface area contributed by atoms with Crippen molar-refractivity contribution in [2.75, 3.05) is 0 Å². The molecule has 0 aliphatic rings. The van der Waals surface area contributed by atoms with Crippen molar-refractivity contribution >= 4 is 29.1 Å². The predicted molar refractivity (Wildman–Crippen MR) is 134 cm³/mol. The number of benzene rings is 3. The molecule has 2 aromatic heterocycles. The lowest BCUT2D eigenvalue weighted by Gasteiger charge is -2.09. The maximum atomic E-state index is 10.9. The molecule has 11 heteroatoms. The van der Waals surface area contributed by atoms with Crippen LogP contribution in [0.25, 0.3) is 17.1 Å². The normalized spacial score (nSPS) is 11.0. The summed E-state index contributed by atoms with van der Waals surface area (Å²) in [5, 5.41) is 30.0. The zero-order valence-electron chi connectivity index (χ0n) is 18.2. The third-order valence-corrected chi connectivity index (χ3v) is 6.58. The van der Waals surface area contributed by atoms with Gasteiger partial charge in [-0.15, -0.1) is 22.0 Å². The molecular weight excluding hydrogens is 486 g/mol. The first-order valence-corrected chi connectivity index (χ1v) is 12.0. The van der Waals surface area contributed by atoms with Crippen LogP contribution < -0.4 is 0 Å². The van der Waals surface area contributed by atoms with E-state index < -0.39 is 4.92 Å². The summed E-state index contributed by atoms with van der Waals surface area (Å²) < 4.78 is 1.84. The number of nitro benzene ring substituents is 1. The maximum Gasteiger partial charge on any atom is 0.269 e. The van der Waals surface area contributed by atoms with Gasteiger partial charge in [-0.25, -0.2) is 4.68 Å². The molecular formula is C24H18ClN7O2S. The van der Waals surface area contributed by atoms with Crippen LogP contribution in [-0.2, 0) is 12.3 Å². The Kier molecular flexibility index (Phi) is 6.55. The number of thioether (sulfide) groups is 1. The third-order valence-electron chi connectivity index (χ3n) is 5.18.